The first-order valence-corrected chi connectivity index (χ1v) is 11.1. The Balaban J connectivity index is 1.71. The zero-order valence-corrected chi connectivity index (χ0v) is 19.1. The Labute approximate surface area is 199 Å². The van der Waals surface area contributed by atoms with E-state index in [4.69, 9.17) is 16.3 Å². The number of hydrogen-bond acceptors (Lipinski definition) is 5. The van der Waals surface area contributed by atoms with Gasteiger partial charge in [-0.2, -0.15) is 0 Å². The minimum Gasteiger partial charge on any atom is -0.450 e. The predicted molar refractivity (Wildman–Crippen MR) is 125 cm³/mol. The van der Waals surface area contributed by atoms with Gasteiger partial charge in [-0.3, -0.25) is 14.2 Å². The van der Waals surface area contributed by atoms with E-state index in [1.54, 1.807) is 31.2 Å². The van der Waals surface area contributed by atoms with Crippen molar-refractivity contribution in [2.45, 2.75) is 26.4 Å². The van der Waals surface area contributed by atoms with E-state index in [2.05, 4.69) is 10.3 Å². The van der Waals surface area contributed by atoms with Gasteiger partial charge >= 0.3 is 6.09 Å². The van der Waals surface area contributed by atoms with E-state index in [0.29, 0.717) is 34.1 Å². The highest BCUT2D eigenvalue weighted by Gasteiger charge is 2.27. The van der Waals surface area contributed by atoms with Crippen LogP contribution in [0, 0.1) is 5.82 Å². The number of halogens is 2. The molecule has 2 heterocycles. The van der Waals surface area contributed by atoms with Crippen LogP contribution in [0.4, 0.5) is 14.9 Å². The summed E-state index contributed by atoms with van der Waals surface area (Å²) in [7, 11) is 0. The zero-order valence-electron chi connectivity index (χ0n) is 18.4. The fourth-order valence-electron chi connectivity index (χ4n) is 3.74. The third-order valence-electron chi connectivity index (χ3n) is 5.38. The summed E-state index contributed by atoms with van der Waals surface area (Å²) in [5.74, 6) is -0.663. The van der Waals surface area contributed by atoms with Crippen molar-refractivity contribution in [3.05, 3.63) is 81.0 Å². The van der Waals surface area contributed by atoms with Crippen molar-refractivity contribution < 1.29 is 18.7 Å². The molecule has 4 rings (SSSR count). The summed E-state index contributed by atoms with van der Waals surface area (Å²) in [5.41, 5.74) is 1.48. The van der Waals surface area contributed by atoms with E-state index in [-0.39, 0.29) is 37.5 Å². The highest BCUT2D eigenvalue weighted by molar-refractivity contribution is 6.30. The van der Waals surface area contributed by atoms with E-state index in [0.717, 1.165) is 0 Å². The lowest BCUT2D eigenvalue weighted by Crippen LogP contribution is -2.42. The van der Waals surface area contributed by atoms with Gasteiger partial charge in [-0.25, -0.2) is 14.2 Å². The van der Waals surface area contributed by atoms with Crippen LogP contribution < -0.4 is 10.9 Å². The Morgan fingerprint density at radius 3 is 2.53 bits per heavy atom. The maximum atomic E-state index is 13.5. The first-order valence-electron chi connectivity index (χ1n) is 10.7. The largest absolute Gasteiger partial charge is 0.450 e. The molecule has 0 saturated heterocycles. The second-order valence-corrected chi connectivity index (χ2v) is 8.12. The molecule has 1 aromatic heterocycles. The van der Waals surface area contributed by atoms with Gasteiger partial charge in [0.15, 0.2) is 0 Å². The Hall–Kier alpha value is -3.72. The van der Waals surface area contributed by atoms with Gasteiger partial charge in [0.1, 0.15) is 18.2 Å². The lowest BCUT2D eigenvalue weighted by molar-refractivity contribution is -0.116. The number of benzene rings is 2. The Kier molecular flexibility index (Phi) is 6.93. The smallest absolute Gasteiger partial charge is 0.410 e. The summed E-state index contributed by atoms with van der Waals surface area (Å²) in [5, 5.41) is 3.27. The Morgan fingerprint density at radius 1 is 1.15 bits per heavy atom. The Morgan fingerprint density at radius 2 is 1.85 bits per heavy atom. The number of rotatable bonds is 5. The lowest BCUT2D eigenvalue weighted by atomic mass is 10.1. The van der Waals surface area contributed by atoms with E-state index >= 15 is 0 Å². The number of amides is 2. The predicted octanol–water partition coefficient (Wildman–Crippen LogP) is 3.86. The molecule has 0 saturated carbocycles. The quantitative estimate of drug-likeness (QED) is 0.593. The van der Waals surface area contributed by atoms with Gasteiger partial charge in [-0.1, -0.05) is 11.6 Å². The summed E-state index contributed by atoms with van der Waals surface area (Å²) in [4.78, 5) is 44.5. The van der Waals surface area contributed by atoms with Crippen molar-refractivity contribution in [3.63, 3.8) is 0 Å². The average molecular weight is 485 g/mol. The molecule has 2 aromatic carbocycles. The molecular formula is C24H22ClFN4O4. The topological polar surface area (TPSA) is 93.5 Å². The number of hydrogen-bond donors (Lipinski definition) is 1. The average Bonchev–Trinajstić information content (AvgIpc) is 2.82. The van der Waals surface area contributed by atoms with Gasteiger partial charge in [0.05, 0.1) is 18.8 Å². The Bertz CT molecular complexity index is 1280. The number of aromatic nitrogens is 2. The maximum Gasteiger partial charge on any atom is 0.410 e. The number of anilines is 1. The number of carbonyl (C=O) groups is 2. The number of fused-ring (bicyclic) bond motifs is 1. The van der Waals surface area contributed by atoms with Crippen molar-refractivity contribution in [2.24, 2.45) is 0 Å². The molecule has 0 fully saturated rings. The molecule has 0 aliphatic carbocycles. The molecule has 1 aliphatic rings. The SMILES string of the molecule is CCOC(=O)N1CCc2c(nc(-c3ccc(F)cc3)n(CC(=O)Nc3ccc(Cl)cc3)c2=O)C1. The molecule has 34 heavy (non-hydrogen) atoms. The second kappa shape index (κ2) is 10.0. The van der Waals surface area contributed by atoms with Crippen molar-refractivity contribution in [1.29, 1.82) is 0 Å². The summed E-state index contributed by atoms with van der Waals surface area (Å²) >= 11 is 5.89. The third-order valence-corrected chi connectivity index (χ3v) is 5.63. The van der Waals surface area contributed by atoms with Crippen LogP contribution in [-0.4, -0.2) is 39.6 Å². The third kappa shape index (κ3) is 5.09. The molecule has 0 unspecified atom stereocenters. The molecule has 10 heteroatoms. The molecule has 176 valence electrons. The molecule has 3 aromatic rings. The van der Waals surface area contributed by atoms with Gasteiger partial charge < -0.3 is 15.0 Å². The zero-order chi connectivity index (χ0) is 24.2. The van der Waals surface area contributed by atoms with Crippen molar-refractivity contribution in [3.8, 4) is 11.4 Å². The van der Waals surface area contributed by atoms with E-state index < -0.39 is 17.8 Å². The summed E-state index contributed by atoms with van der Waals surface area (Å²) in [6.45, 7) is 2.07. The second-order valence-electron chi connectivity index (χ2n) is 7.68. The number of ether oxygens (including phenoxy) is 1. The number of carbonyl (C=O) groups excluding carboxylic acids is 2. The van der Waals surface area contributed by atoms with Crippen LogP contribution in [0.2, 0.25) is 5.02 Å². The van der Waals surface area contributed by atoms with Gasteiger partial charge in [0.25, 0.3) is 5.56 Å². The summed E-state index contributed by atoms with van der Waals surface area (Å²) < 4.78 is 19.9. The standard InChI is InChI=1S/C24H22ClFN4O4/c1-2-34-24(33)29-12-11-19-20(13-29)28-22(15-3-7-17(26)8-4-15)30(23(19)32)14-21(31)27-18-9-5-16(25)6-10-18/h3-10H,2,11-14H2,1H3,(H,27,31). The first kappa shape index (κ1) is 23.4. The summed E-state index contributed by atoms with van der Waals surface area (Å²) in [6.07, 6.45) is -0.201. The maximum absolute atomic E-state index is 13.5. The molecule has 0 atom stereocenters. The molecule has 0 spiro atoms. The van der Waals surface area contributed by atoms with E-state index in [1.807, 2.05) is 0 Å². The van der Waals surface area contributed by atoms with Gasteiger partial charge in [-0.15, -0.1) is 0 Å². The fraction of sp³-hybridized carbons (Fsp3) is 0.250. The normalized spacial score (nSPS) is 12.7. The molecule has 8 nitrogen and oxygen atoms in total. The van der Waals surface area contributed by atoms with Crippen molar-refractivity contribution in [2.75, 3.05) is 18.5 Å². The minimum atomic E-state index is -0.482. The molecular weight excluding hydrogens is 463 g/mol. The first-order chi connectivity index (χ1) is 16.4. The van der Waals surface area contributed by atoms with Crippen LogP contribution in [-0.2, 0) is 29.0 Å². The van der Waals surface area contributed by atoms with Gasteiger partial charge in [0.2, 0.25) is 5.91 Å². The van der Waals surface area contributed by atoms with Crippen LogP contribution in [0.25, 0.3) is 11.4 Å². The number of nitrogens with zero attached hydrogens (tertiary/aromatic N) is 3. The molecule has 1 aliphatic heterocycles. The van der Waals surface area contributed by atoms with Crippen LogP contribution >= 0.6 is 11.6 Å². The van der Waals surface area contributed by atoms with Crippen LogP contribution in [0.15, 0.2) is 53.3 Å². The van der Waals surface area contributed by atoms with E-state index in [9.17, 15) is 18.8 Å². The van der Waals surface area contributed by atoms with Crippen LogP contribution in [0.1, 0.15) is 18.2 Å². The monoisotopic (exact) mass is 484 g/mol. The summed E-state index contributed by atoms with van der Waals surface area (Å²) in [6, 6.07) is 12.1. The molecule has 0 radical (unpaired) electrons. The highest BCUT2D eigenvalue weighted by atomic mass is 35.5. The van der Waals surface area contributed by atoms with Gasteiger partial charge in [0, 0.05) is 28.4 Å². The lowest BCUT2D eigenvalue weighted by Gasteiger charge is -2.28. The van der Waals surface area contributed by atoms with Crippen LogP contribution in [0.3, 0.4) is 0 Å². The molecule has 0 bridgehead atoms. The highest BCUT2D eigenvalue weighted by Crippen LogP contribution is 2.22. The van der Waals surface area contributed by atoms with Crippen LogP contribution in [0.5, 0.6) is 0 Å². The van der Waals surface area contributed by atoms with Crippen molar-refractivity contribution >= 4 is 29.3 Å². The fourth-order valence-corrected chi connectivity index (χ4v) is 3.87. The van der Waals surface area contributed by atoms with Crippen molar-refractivity contribution in [1.82, 2.24) is 14.5 Å². The van der Waals surface area contributed by atoms with Gasteiger partial charge in [-0.05, 0) is 61.9 Å². The van der Waals surface area contributed by atoms with E-state index in [1.165, 1.54) is 33.7 Å². The minimum absolute atomic E-state index is 0.107. The molecule has 1 N–H and O–H groups in total. The molecule has 2 amide bonds. The number of nitrogens with one attached hydrogen (secondary N) is 1.